The fraction of sp³-hybridized carbons (Fsp3) is 0.556. The normalized spacial score (nSPS) is 34.1. The summed E-state index contributed by atoms with van der Waals surface area (Å²) in [6, 6.07) is 0.271. The Hall–Kier alpha value is -1.10. The lowest BCUT2D eigenvalue weighted by Gasteiger charge is -2.17. The molecular weight excluding hydrogens is 198 g/mol. The predicted molar refractivity (Wildman–Crippen MR) is 54.6 cm³/mol. The number of nitrogens with zero attached hydrogens (tertiary/aromatic N) is 1. The van der Waals surface area contributed by atoms with Crippen molar-refractivity contribution >= 4 is 12.2 Å². The van der Waals surface area contributed by atoms with Crippen molar-refractivity contribution in [1.29, 1.82) is 0 Å². The molecule has 3 rings (SSSR count). The molecule has 0 radical (unpaired) electrons. The SMILES string of the molecule is O=c1[nH][nH]c(=S)n1[C@H]1C[C@H]2C=C[C@H]1C2. The molecular formula is C9H11N3OS. The van der Waals surface area contributed by atoms with Gasteiger partial charge in [0.15, 0.2) is 4.77 Å². The first-order valence-corrected chi connectivity index (χ1v) is 5.24. The van der Waals surface area contributed by atoms with Gasteiger partial charge in [-0.15, -0.1) is 0 Å². The first-order valence-electron chi connectivity index (χ1n) is 4.83. The predicted octanol–water partition coefficient (Wildman–Crippen LogP) is 1.37. The molecule has 1 aromatic heterocycles. The number of rotatable bonds is 1. The molecule has 4 nitrogen and oxygen atoms in total. The molecule has 1 saturated carbocycles. The summed E-state index contributed by atoms with van der Waals surface area (Å²) in [6.45, 7) is 0. The van der Waals surface area contributed by atoms with Crippen LogP contribution in [0.4, 0.5) is 0 Å². The quantitative estimate of drug-likeness (QED) is 0.542. The number of aromatic nitrogens is 3. The third-order valence-corrected chi connectivity index (χ3v) is 3.59. The van der Waals surface area contributed by atoms with Gasteiger partial charge >= 0.3 is 5.69 Å². The molecule has 74 valence electrons. The van der Waals surface area contributed by atoms with Gasteiger partial charge in [0.1, 0.15) is 0 Å². The largest absolute Gasteiger partial charge is 0.342 e. The van der Waals surface area contributed by atoms with Gasteiger partial charge in [-0.05, 0) is 36.9 Å². The number of hydrogen-bond acceptors (Lipinski definition) is 2. The van der Waals surface area contributed by atoms with Crippen LogP contribution in [0.2, 0.25) is 0 Å². The van der Waals surface area contributed by atoms with Gasteiger partial charge in [0, 0.05) is 6.04 Å². The Labute approximate surface area is 85.6 Å². The van der Waals surface area contributed by atoms with E-state index in [1.54, 1.807) is 4.57 Å². The van der Waals surface area contributed by atoms with E-state index in [0.717, 1.165) is 6.42 Å². The minimum Gasteiger partial charge on any atom is -0.272 e. The number of H-pyrrole nitrogens is 2. The van der Waals surface area contributed by atoms with Crippen molar-refractivity contribution in [2.24, 2.45) is 11.8 Å². The van der Waals surface area contributed by atoms with Gasteiger partial charge in [-0.1, -0.05) is 12.2 Å². The monoisotopic (exact) mass is 209 g/mol. The molecule has 2 aliphatic carbocycles. The Kier molecular flexibility index (Phi) is 1.58. The highest BCUT2D eigenvalue weighted by atomic mass is 32.1. The van der Waals surface area contributed by atoms with Crippen LogP contribution < -0.4 is 5.69 Å². The fourth-order valence-electron chi connectivity index (χ4n) is 2.67. The number of nitrogens with one attached hydrogen (secondary N) is 2. The number of fused-ring (bicyclic) bond motifs is 2. The molecule has 5 heteroatoms. The second-order valence-electron chi connectivity index (χ2n) is 4.08. The van der Waals surface area contributed by atoms with Gasteiger partial charge < -0.3 is 0 Å². The number of aromatic amines is 2. The summed E-state index contributed by atoms with van der Waals surface area (Å²) in [5.74, 6) is 1.16. The van der Waals surface area contributed by atoms with Crippen LogP contribution in [0, 0.1) is 16.6 Å². The molecule has 2 bridgehead atoms. The summed E-state index contributed by atoms with van der Waals surface area (Å²) >= 11 is 5.08. The summed E-state index contributed by atoms with van der Waals surface area (Å²) in [7, 11) is 0. The van der Waals surface area contributed by atoms with Crippen LogP contribution >= 0.6 is 12.2 Å². The van der Waals surface area contributed by atoms with E-state index < -0.39 is 0 Å². The van der Waals surface area contributed by atoms with Crippen LogP contribution in [0.25, 0.3) is 0 Å². The summed E-state index contributed by atoms with van der Waals surface area (Å²) in [5.41, 5.74) is -0.110. The minimum absolute atomic E-state index is 0.110. The van der Waals surface area contributed by atoms with Crippen molar-refractivity contribution in [2.45, 2.75) is 18.9 Å². The van der Waals surface area contributed by atoms with Gasteiger partial charge in [-0.3, -0.25) is 9.67 Å². The van der Waals surface area contributed by atoms with E-state index in [0.29, 0.717) is 16.6 Å². The van der Waals surface area contributed by atoms with Crippen molar-refractivity contribution in [3.05, 3.63) is 27.4 Å². The highest BCUT2D eigenvalue weighted by Gasteiger charge is 2.37. The van der Waals surface area contributed by atoms with Gasteiger partial charge in [0.2, 0.25) is 0 Å². The van der Waals surface area contributed by atoms with Crippen molar-refractivity contribution in [2.75, 3.05) is 0 Å². The zero-order valence-corrected chi connectivity index (χ0v) is 8.38. The first-order chi connectivity index (χ1) is 6.75. The average Bonchev–Trinajstić information content (AvgIpc) is 2.81. The highest BCUT2D eigenvalue weighted by Crippen LogP contribution is 2.45. The third kappa shape index (κ3) is 0.987. The molecule has 3 atom stereocenters. The van der Waals surface area contributed by atoms with Gasteiger partial charge in [-0.25, -0.2) is 9.89 Å². The molecule has 0 aliphatic heterocycles. The second kappa shape index (κ2) is 2.70. The summed E-state index contributed by atoms with van der Waals surface area (Å²) in [4.78, 5) is 11.5. The zero-order chi connectivity index (χ0) is 9.71. The summed E-state index contributed by atoms with van der Waals surface area (Å²) in [6.07, 6.45) is 6.70. The van der Waals surface area contributed by atoms with E-state index in [1.165, 1.54) is 6.42 Å². The standard InChI is InChI=1S/C9H11N3OS/c13-8-10-11-9(14)12(8)7-4-5-1-2-6(7)3-5/h1-2,5-7H,3-4H2,(H,10,13)(H,11,14)/t5-,6-,7-/m0/s1. The number of hydrogen-bond donors (Lipinski definition) is 2. The van der Waals surface area contributed by atoms with E-state index in [2.05, 4.69) is 22.3 Å². The van der Waals surface area contributed by atoms with Crippen molar-refractivity contribution in [3.8, 4) is 0 Å². The lowest BCUT2D eigenvalue weighted by atomic mass is 10.0. The molecule has 0 aromatic carbocycles. The Morgan fingerprint density at radius 3 is 2.71 bits per heavy atom. The molecule has 0 saturated heterocycles. The van der Waals surface area contributed by atoms with E-state index in [-0.39, 0.29) is 11.7 Å². The maximum atomic E-state index is 11.5. The maximum absolute atomic E-state index is 11.5. The average molecular weight is 209 g/mol. The molecule has 1 heterocycles. The Bertz CT molecular complexity index is 467. The molecule has 0 unspecified atom stereocenters. The second-order valence-corrected chi connectivity index (χ2v) is 4.46. The van der Waals surface area contributed by atoms with E-state index in [4.69, 9.17) is 12.2 Å². The van der Waals surface area contributed by atoms with Crippen molar-refractivity contribution in [1.82, 2.24) is 14.8 Å². The topological polar surface area (TPSA) is 53.6 Å². The lowest BCUT2D eigenvalue weighted by Crippen LogP contribution is -2.25. The van der Waals surface area contributed by atoms with E-state index in [1.807, 2.05) is 0 Å². The highest BCUT2D eigenvalue weighted by molar-refractivity contribution is 7.71. The van der Waals surface area contributed by atoms with Gasteiger partial charge in [-0.2, -0.15) is 0 Å². The Morgan fingerprint density at radius 2 is 2.21 bits per heavy atom. The van der Waals surface area contributed by atoms with Gasteiger partial charge in [0.25, 0.3) is 0 Å². The molecule has 0 amide bonds. The fourth-order valence-corrected chi connectivity index (χ4v) is 2.94. The summed E-state index contributed by atoms with van der Waals surface area (Å²) < 4.78 is 2.20. The lowest BCUT2D eigenvalue weighted by molar-refractivity contribution is 0.417. The van der Waals surface area contributed by atoms with Crippen LogP contribution in [0.3, 0.4) is 0 Å². The maximum Gasteiger partial charge on any atom is 0.342 e. The molecule has 2 aliphatic rings. The van der Waals surface area contributed by atoms with Crippen molar-refractivity contribution in [3.63, 3.8) is 0 Å². The third-order valence-electron chi connectivity index (χ3n) is 3.29. The molecule has 2 N–H and O–H groups in total. The van der Waals surface area contributed by atoms with Crippen LogP contribution in [-0.4, -0.2) is 14.8 Å². The molecule has 1 aromatic rings. The van der Waals surface area contributed by atoms with Crippen LogP contribution in [-0.2, 0) is 0 Å². The van der Waals surface area contributed by atoms with Gasteiger partial charge in [0.05, 0.1) is 0 Å². The van der Waals surface area contributed by atoms with Crippen LogP contribution in [0.5, 0.6) is 0 Å². The van der Waals surface area contributed by atoms with Crippen LogP contribution in [0.15, 0.2) is 16.9 Å². The Morgan fingerprint density at radius 1 is 1.36 bits per heavy atom. The van der Waals surface area contributed by atoms with E-state index in [9.17, 15) is 4.79 Å². The Balaban J connectivity index is 2.09. The molecule has 1 fully saturated rings. The van der Waals surface area contributed by atoms with Crippen LogP contribution in [0.1, 0.15) is 18.9 Å². The van der Waals surface area contributed by atoms with Crippen molar-refractivity contribution < 1.29 is 0 Å². The van der Waals surface area contributed by atoms with E-state index >= 15 is 0 Å². The first kappa shape index (κ1) is 8.23. The zero-order valence-electron chi connectivity index (χ0n) is 7.56. The summed E-state index contributed by atoms with van der Waals surface area (Å²) in [5, 5.41) is 5.22. The number of allylic oxidation sites excluding steroid dienone is 2. The molecule has 14 heavy (non-hydrogen) atoms. The minimum atomic E-state index is -0.110. The smallest absolute Gasteiger partial charge is 0.272 e. The molecule has 0 spiro atoms.